The first-order valence-corrected chi connectivity index (χ1v) is 5.88. The molecule has 86 valence electrons. The van der Waals surface area contributed by atoms with Crippen molar-refractivity contribution in [2.45, 2.75) is 50.7 Å². The van der Waals surface area contributed by atoms with Gasteiger partial charge in [0.2, 0.25) is 0 Å². The highest BCUT2D eigenvalue weighted by atomic mass is 16.2. The zero-order chi connectivity index (χ0) is 11.0. The normalized spacial score (nSPS) is 37.5. The van der Waals surface area contributed by atoms with Gasteiger partial charge in [-0.1, -0.05) is 0 Å². The van der Waals surface area contributed by atoms with Crippen LogP contribution in [0.2, 0.25) is 0 Å². The Labute approximate surface area is 91.4 Å². The standard InChI is InChI=1S/C11H21N3O/c1-8-7-14(11(15)13(8)2)10-5-3-9(12)4-6-10/h8-10H,3-7,12H2,1-2H3. The van der Waals surface area contributed by atoms with Crippen LogP contribution in [0.3, 0.4) is 0 Å². The highest BCUT2D eigenvalue weighted by Gasteiger charge is 2.37. The number of hydrogen-bond acceptors (Lipinski definition) is 2. The van der Waals surface area contributed by atoms with E-state index in [9.17, 15) is 4.79 Å². The summed E-state index contributed by atoms with van der Waals surface area (Å²) < 4.78 is 0. The molecule has 1 heterocycles. The first kappa shape index (κ1) is 10.7. The van der Waals surface area contributed by atoms with Crippen molar-refractivity contribution < 1.29 is 4.79 Å². The number of carbonyl (C=O) groups excluding carboxylic acids is 1. The Kier molecular flexibility index (Phi) is 2.87. The lowest BCUT2D eigenvalue weighted by Crippen LogP contribution is -2.42. The van der Waals surface area contributed by atoms with Gasteiger partial charge in [0, 0.05) is 31.7 Å². The Hall–Kier alpha value is -0.770. The van der Waals surface area contributed by atoms with Gasteiger partial charge in [-0.2, -0.15) is 0 Å². The van der Waals surface area contributed by atoms with Gasteiger partial charge in [0.15, 0.2) is 0 Å². The first-order valence-electron chi connectivity index (χ1n) is 5.88. The summed E-state index contributed by atoms with van der Waals surface area (Å²) in [6, 6.07) is 1.34. The van der Waals surface area contributed by atoms with E-state index in [0.29, 0.717) is 18.1 Å². The van der Waals surface area contributed by atoms with E-state index in [1.807, 2.05) is 16.8 Å². The summed E-state index contributed by atoms with van der Waals surface area (Å²) in [6.07, 6.45) is 4.28. The molecule has 0 aromatic heterocycles. The van der Waals surface area contributed by atoms with E-state index in [-0.39, 0.29) is 6.03 Å². The summed E-state index contributed by atoms with van der Waals surface area (Å²) in [5.74, 6) is 0. The van der Waals surface area contributed by atoms with Gasteiger partial charge in [0.1, 0.15) is 0 Å². The van der Waals surface area contributed by atoms with Gasteiger partial charge < -0.3 is 15.5 Å². The quantitative estimate of drug-likeness (QED) is 0.704. The van der Waals surface area contributed by atoms with Crippen LogP contribution in [0.1, 0.15) is 32.6 Å². The lowest BCUT2D eigenvalue weighted by molar-refractivity contribution is 0.164. The molecule has 2 N–H and O–H groups in total. The molecule has 2 aliphatic rings. The Bertz CT molecular complexity index is 248. The SMILES string of the molecule is CC1CN(C2CCC(N)CC2)C(=O)N1C. The van der Waals surface area contributed by atoms with Crippen molar-refractivity contribution in [1.82, 2.24) is 9.80 Å². The molecule has 1 saturated carbocycles. The van der Waals surface area contributed by atoms with Crippen LogP contribution >= 0.6 is 0 Å². The van der Waals surface area contributed by atoms with Crippen molar-refractivity contribution >= 4 is 6.03 Å². The summed E-state index contributed by atoms with van der Waals surface area (Å²) in [5, 5.41) is 0. The number of rotatable bonds is 1. The van der Waals surface area contributed by atoms with E-state index >= 15 is 0 Å². The van der Waals surface area contributed by atoms with Gasteiger partial charge in [-0.3, -0.25) is 0 Å². The molecule has 0 spiro atoms. The second kappa shape index (κ2) is 4.00. The Balaban J connectivity index is 1.97. The van der Waals surface area contributed by atoms with Gasteiger partial charge in [-0.15, -0.1) is 0 Å². The molecule has 0 aromatic carbocycles. The third kappa shape index (κ3) is 1.95. The van der Waals surface area contributed by atoms with E-state index in [1.165, 1.54) is 0 Å². The lowest BCUT2D eigenvalue weighted by atomic mass is 9.91. The lowest BCUT2D eigenvalue weighted by Gasteiger charge is -2.32. The molecule has 1 saturated heterocycles. The second-order valence-electron chi connectivity index (χ2n) is 4.96. The molecule has 2 amide bonds. The largest absolute Gasteiger partial charge is 0.328 e. The highest BCUT2D eigenvalue weighted by molar-refractivity contribution is 5.77. The second-order valence-corrected chi connectivity index (χ2v) is 4.96. The van der Waals surface area contributed by atoms with Gasteiger partial charge in [0.05, 0.1) is 0 Å². The molecule has 2 fully saturated rings. The van der Waals surface area contributed by atoms with Gasteiger partial charge in [-0.25, -0.2) is 4.79 Å². The van der Waals surface area contributed by atoms with Crippen LogP contribution in [0, 0.1) is 0 Å². The predicted octanol–water partition coefficient (Wildman–Crippen LogP) is 1.01. The molecule has 1 aliphatic carbocycles. The van der Waals surface area contributed by atoms with E-state index in [0.717, 1.165) is 32.2 Å². The molecule has 4 nitrogen and oxygen atoms in total. The van der Waals surface area contributed by atoms with Crippen molar-refractivity contribution in [2.24, 2.45) is 5.73 Å². The number of likely N-dealkylation sites (N-methyl/N-ethyl adjacent to an activating group) is 1. The summed E-state index contributed by atoms with van der Waals surface area (Å²) in [4.78, 5) is 15.8. The van der Waals surface area contributed by atoms with Gasteiger partial charge in [-0.05, 0) is 32.6 Å². The first-order chi connectivity index (χ1) is 7.09. The minimum absolute atomic E-state index is 0.197. The van der Waals surface area contributed by atoms with Gasteiger partial charge >= 0.3 is 6.03 Å². The smallest absolute Gasteiger partial charge is 0.320 e. The van der Waals surface area contributed by atoms with Crippen LogP contribution in [0.5, 0.6) is 0 Å². The average Bonchev–Trinajstić information content (AvgIpc) is 2.47. The third-order valence-electron chi connectivity index (χ3n) is 3.85. The Morgan fingerprint density at radius 1 is 1.27 bits per heavy atom. The number of urea groups is 1. The number of nitrogens with zero attached hydrogens (tertiary/aromatic N) is 2. The minimum Gasteiger partial charge on any atom is -0.328 e. The van der Waals surface area contributed by atoms with Crippen LogP contribution in [-0.4, -0.2) is 47.5 Å². The number of amides is 2. The summed E-state index contributed by atoms with van der Waals surface area (Å²) in [7, 11) is 1.89. The molecular formula is C11H21N3O. The van der Waals surface area contributed by atoms with Crippen LogP contribution in [-0.2, 0) is 0 Å². The predicted molar refractivity (Wildman–Crippen MR) is 59.6 cm³/mol. The molecule has 1 aliphatic heterocycles. The van der Waals surface area contributed by atoms with Crippen molar-refractivity contribution in [2.75, 3.05) is 13.6 Å². The topological polar surface area (TPSA) is 49.6 Å². The van der Waals surface area contributed by atoms with Gasteiger partial charge in [0.25, 0.3) is 0 Å². The Morgan fingerprint density at radius 3 is 2.33 bits per heavy atom. The van der Waals surface area contributed by atoms with E-state index in [1.54, 1.807) is 0 Å². The maximum Gasteiger partial charge on any atom is 0.320 e. The summed E-state index contributed by atoms with van der Waals surface area (Å²) >= 11 is 0. The maximum atomic E-state index is 11.9. The molecule has 1 unspecified atom stereocenters. The number of hydrogen-bond donors (Lipinski definition) is 1. The van der Waals surface area contributed by atoms with Crippen molar-refractivity contribution in [3.05, 3.63) is 0 Å². The van der Waals surface area contributed by atoms with Crippen LogP contribution in [0.25, 0.3) is 0 Å². The van der Waals surface area contributed by atoms with Crippen molar-refractivity contribution in [3.63, 3.8) is 0 Å². The van der Waals surface area contributed by atoms with E-state index in [2.05, 4.69) is 6.92 Å². The fourth-order valence-electron chi connectivity index (χ4n) is 2.59. The summed E-state index contributed by atoms with van der Waals surface area (Å²) in [5.41, 5.74) is 5.87. The average molecular weight is 211 g/mol. The Morgan fingerprint density at radius 2 is 1.87 bits per heavy atom. The molecular weight excluding hydrogens is 190 g/mol. The van der Waals surface area contributed by atoms with Crippen molar-refractivity contribution in [3.8, 4) is 0 Å². The molecule has 2 rings (SSSR count). The minimum atomic E-state index is 0.197. The number of carbonyl (C=O) groups is 1. The molecule has 1 atom stereocenters. The van der Waals surface area contributed by atoms with Crippen LogP contribution in [0.15, 0.2) is 0 Å². The van der Waals surface area contributed by atoms with E-state index in [4.69, 9.17) is 5.73 Å². The fraction of sp³-hybridized carbons (Fsp3) is 0.909. The maximum absolute atomic E-state index is 11.9. The van der Waals surface area contributed by atoms with Crippen LogP contribution < -0.4 is 5.73 Å². The third-order valence-corrected chi connectivity index (χ3v) is 3.85. The molecule has 0 bridgehead atoms. The summed E-state index contributed by atoms with van der Waals surface area (Å²) in [6.45, 7) is 2.99. The highest BCUT2D eigenvalue weighted by Crippen LogP contribution is 2.26. The molecule has 4 heteroatoms. The number of nitrogens with two attached hydrogens (primary N) is 1. The van der Waals surface area contributed by atoms with E-state index < -0.39 is 0 Å². The molecule has 0 radical (unpaired) electrons. The van der Waals surface area contributed by atoms with Crippen molar-refractivity contribution in [1.29, 1.82) is 0 Å². The van der Waals surface area contributed by atoms with Crippen LogP contribution in [0.4, 0.5) is 4.79 Å². The fourth-order valence-corrected chi connectivity index (χ4v) is 2.59. The monoisotopic (exact) mass is 211 g/mol. The molecule has 0 aromatic rings. The zero-order valence-electron chi connectivity index (χ0n) is 9.65. The zero-order valence-corrected chi connectivity index (χ0v) is 9.65. The molecule has 15 heavy (non-hydrogen) atoms.